The molecule has 0 unspecified atom stereocenters. The Balaban J connectivity index is 1.58. The number of carbonyl (C=O) groups is 1. The van der Waals surface area contributed by atoms with E-state index < -0.39 is 10.0 Å². The van der Waals surface area contributed by atoms with E-state index in [0.29, 0.717) is 36.7 Å². The largest absolute Gasteiger partial charge is 0.494 e. The third-order valence-electron chi connectivity index (χ3n) is 4.72. The highest BCUT2D eigenvalue weighted by Crippen LogP contribution is 2.22. The van der Waals surface area contributed by atoms with Crippen LogP contribution >= 0.6 is 12.2 Å². The Morgan fingerprint density at radius 2 is 1.67 bits per heavy atom. The van der Waals surface area contributed by atoms with Crippen LogP contribution in [0, 0.1) is 0 Å². The van der Waals surface area contributed by atoms with Gasteiger partial charge in [-0.3, -0.25) is 10.1 Å². The van der Waals surface area contributed by atoms with E-state index in [1.165, 1.54) is 4.31 Å². The minimum absolute atomic E-state index is 0.125. The smallest absolute Gasteiger partial charge is 0.257 e. The van der Waals surface area contributed by atoms with Crippen LogP contribution in [0.5, 0.6) is 5.75 Å². The Labute approximate surface area is 182 Å². The van der Waals surface area contributed by atoms with Gasteiger partial charge >= 0.3 is 0 Å². The van der Waals surface area contributed by atoms with Crippen LogP contribution in [0.2, 0.25) is 0 Å². The van der Waals surface area contributed by atoms with Crippen LogP contribution in [0.25, 0.3) is 0 Å². The highest BCUT2D eigenvalue weighted by Gasteiger charge is 2.25. The zero-order valence-corrected chi connectivity index (χ0v) is 18.4. The van der Waals surface area contributed by atoms with Crippen molar-refractivity contribution < 1.29 is 17.9 Å². The van der Waals surface area contributed by atoms with Crippen molar-refractivity contribution in [2.45, 2.75) is 31.1 Å². The van der Waals surface area contributed by atoms with E-state index in [2.05, 4.69) is 10.6 Å². The van der Waals surface area contributed by atoms with Gasteiger partial charge in [-0.25, -0.2) is 8.42 Å². The second-order valence-electron chi connectivity index (χ2n) is 6.85. The average molecular weight is 448 g/mol. The normalized spacial score (nSPS) is 14.7. The van der Waals surface area contributed by atoms with Gasteiger partial charge in [-0.05, 0) is 80.5 Å². The highest BCUT2D eigenvalue weighted by molar-refractivity contribution is 7.89. The molecule has 1 amide bonds. The predicted octanol–water partition coefficient (Wildman–Crippen LogP) is 3.39. The summed E-state index contributed by atoms with van der Waals surface area (Å²) in [4.78, 5) is 12.6. The molecule has 30 heavy (non-hydrogen) atoms. The van der Waals surface area contributed by atoms with Gasteiger partial charge in [-0.2, -0.15) is 4.31 Å². The number of anilines is 1. The van der Waals surface area contributed by atoms with Crippen LogP contribution in [0.3, 0.4) is 0 Å². The molecule has 7 nitrogen and oxygen atoms in total. The monoisotopic (exact) mass is 447 g/mol. The summed E-state index contributed by atoms with van der Waals surface area (Å²) in [7, 11) is -3.48. The maximum atomic E-state index is 12.7. The molecule has 1 saturated heterocycles. The van der Waals surface area contributed by atoms with Crippen molar-refractivity contribution in [2.75, 3.05) is 25.0 Å². The summed E-state index contributed by atoms with van der Waals surface area (Å²) < 4.78 is 32.3. The summed E-state index contributed by atoms with van der Waals surface area (Å²) in [6.07, 6.45) is 2.84. The summed E-state index contributed by atoms with van der Waals surface area (Å²) >= 11 is 5.19. The predicted molar refractivity (Wildman–Crippen MR) is 120 cm³/mol. The summed E-state index contributed by atoms with van der Waals surface area (Å²) in [5.41, 5.74) is 1.04. The van der Waals surface area contributed by atoms with Gasteiger partial charge in [-0.15, -0.1) is 0 Å². The number of carbonyl (C=O) groups excluding carboxylic acids is 1. The van der Waals surface area contributed by atoms with E-state index in [0.717, 1.165) is 19.3 Å². The molecule has 2 aromatic rings. The van der Waals surface area contributed by atoms with Gasteiger partial charge in [0.2, 0.25) is 10.0 Å². The number of nitrogens with one attached hydrogen (secondary N) is 2. The maximum absolute atomic E-state index is 12.7. The van der Waals surface area contributed by atoms with Gasteiger partial charge in [0.15, 0.2) is 5.11 Å². The number of hydrogen-bond donors (Lipinski definition) is 2. The minimum Gasteiger partial charge on any atom is -0.494 e. The molecule has 2 N–H and O–H groups in total. The van der Waals surface area contributed by atoms with Crippen LogP contribution in [0.4, 0.5) is 5.69 Å². The molecule has 160 valence electrons. The number of hydrogen-bond acceptors (Lipinski definition) is 5. The molecular weight excluding hydrogens is 422 g/mol. The van der Waals surface area contributed by atoms with Gasteiger partial charge in [0, 0.05) is 24.3 Å². The molecule has 0 atom stereocenters. The first-order valence-corrected chi connectivity index (χ1v) is 11.7. The third-order valence-corrected chi connectivity index (χ3v) is 6.84. The molecule has 1 heterocycles. The van der Waals surface area contributed by atoms with E-state index >= 15 is 0 Å². The Kier molecular flexibility index (Phi) is 7.41. The molecular formula is C21H25N3O4S2. The Bertz CT molecular complexity index is 984. The van der Waals surface area contributed by atoms with Crippen molar-refractivity contribution >= 4 is 38.9 Å². The molecule has 0 bridgehead atoms. The number of rotatable bonds is 6. The zero-order valence-electron chi connectivity index (χ0n) is 16.8. The van der Waals surface area contributed by atoms with Crippen LogP contribution in [0.1, 0.15) is 36.5 Å². The Hall–Kier alpha value is -2.49. The van der Waals surface area contributed by atoms with Crippen LogP contribution in [-0.2, 0) is 10.0 Å². The fourth-order valence-corrected chi connectivity index (χ4v) is 4.90. The van der Waals surface area contributed by atoms with E-state index in [-0.39, 0.29) is 15.9 Å². The number of sulfonamides is 1. The fourth-order valence-electron chi connectivity index (χ4n) is 3.17. The lowest BCUT2D eigenvalue weighted by atomic mass is 10.2. The van der Waals surface area contributed by atoms with Crippen molar-refractivity contribution in [2.24, 2.45) is 0 Å². The number of nitrogens with zero attached hydrogens (tertiary/aromatic N) is 1. The Morgan fingerprint density at radius 3 is 2.27 bits per heavy atom. The Morgan fingerprint density at radius 1 is 1.03 bits per heavy atom. The summed E-state index contributed by atoms with van der Waals surface area (Å²) in [5, 5.41) is 5.63. The number of ether oxygens (including phenoxy) is 1. The van der Waals surface area contributed by atoms with Crippen molar-refractivity contribution in [3.05, 3.63) is 54.1 Å². The van der Waals surface area contributed by atoms with Gasteiger partial charge in [0.25, 0.3) is 5.91 Å². The molecule has 0 aromatic heterocycles. The molecule has 1 aliphatic heterocycles. The van der Waals surface area contributed by atoms with Crippen LogP contribution in [0.15, 0.2) is 53.4 Å². The number of amides is 1. The zero-order chi connectivity index (χ0) is 21.6. The van der Waals surface area contributed by atoms with Gasteiger partial charge in [0.1, 0.15) is 5.75 Å². The summed E-state index contributed by atoms with van der Waals surface area (Å²) in [6, 6.07) is 13.1. The van der Waals surface area contributed by atoms with Crippen molar-refractivity contribution in [3.8, 4) is 5.75 Å². The molecule has 1 fully saturated rings. The minimum atomic E-state index is -3.48. The van der Waals surface area contributed by atoms with Gasteiger partial charge in [0.05, 0.1) is 11.5 Å². The first-order chi connectivity index (χ1) is 14.4. The maximum Gasteiger partial charge on any atom is 0.257 e. The quantitative estimate of drug-likeness (QED) is 0.660. The van der Waals surface area contributed by atoms with E-state index in [9.17, 15) is 13.2 Å². The van der Waals surface area contributed by atoms with Crippen LogP contribution < -0.4 is 15.4 Å². The third kappa shape index (κ3) is 5.56. The fraction of sp³-hybridized carbons (Fsp3) is 0.333. The highest BCUT2D eigenvalue weighted by atomic mass is 32.2. The molecule has 0 spiro atoms. The first-order valence-electron chi connectivity index (χ1n) is 9.85. The van der Waals surface area contributed by atoms with Crippen molar-refractivity contribution in [3.63, 3.8) is 0 Å². The number of benzene rings is 2. The van der Waals surface area contributed by atoms with Crippen LogP contribution in [-0.4, -0.2) is 43.4 Å². The number of thiocarbonyl (C=S) groups is 1. The lowest BCUT2D eigenvalue weighted by Gasteiger charge is -2.25. The molecule has 9 heteroatoms. The lowest BCUT2D eigenvalue weighted by molar-refractivity contribution is 0.0977. The number of piperidine rings is 1. The second kappa shape index (κ2) is 10.0. The van der Waals surface area contributed by atoms with Crippen molar-refractivity contribution in [1.29, 1.82) is 0 Å². The van der Waals surface area contributed by atoms with E-state index in [1.807, 2.05) is 6.92 Å². The molecule has 0 radical (unpaired) electrons. The van der Waals surface area contributed by atoms with Crippen molar-refractivity contribution in [1.82, 2.24) is 9.62 Å². The SMILES string of the molecule is CCOc1ccc(C(=O)NC(=S)Nc2ccc(S(=O)(=O)N3CCCCC3)cc2)cc1. The van der Waals surface area contributed by atoms with Gasteiger partial charge < -0.3 is 10.1 Å². The molecule has 0 aliphatic carbocycles. The molecule has 0 saturated carbocycles. The molecule has 1 aliphatic rings. The topological polar surface area (TPSA) is 87.7 Å². The first kappa shape index (κ1) is 22.2. The summed E-state index contributed by atoms with van der Waals surface area (Å²) in [6.45, 7) is 3.56. The second-order valence-corrected chi connectivity index (χ2v) is 9.20. The van der Waals surface area contributed by atoms with E-state index in [1.54, 1.807) is 48.5 Å². The molecule has 3 rings (SSSR count). The molecule has 2 aromatic carbocycles. The van der Waals surface area contributed by atoms with Gasteiger partial charge in [-0.1, -0.05) is 6.42 Å². The lowest BCUT2D eigenvalue weighted by Crippen LogP contribution is -2.35. The standard InChI is InChI=1S/C21H25N3O4S2/c1-2-28-18-10-6-16(7-11-18)20(25)23-21(29)22-17-8-12-19(13-9-17)30(26,27)24-14-4-3-5-15-24/h6-13H,2-5,14-15H2,1H3,(H2,22,23,25,29). The average Bonchev–Trinajstić information content (AvgIpc) is 2.75. The van der Waals surface area contributed by atoms with E-state index in [4.69, 9.17) is 17.0 Å². The summed E-state index contributed by atoms with van der Waals surface area (Å²) in [5.74, 6) is 0.342.